The lowest BCUT2D eigenvalue weighted by Crippen LogP contribution is -2.50. The number of halogens is 6. The minimum atomic E-state index is -1.20. The van der Waals surface area contributed by atoms with E-state index in [4.69, 9.17) is 9.47 Å². The SMILES string of the molecule is CCN1C(=O)c2c(O)c(=O)c(C(=O)NCc3c(F)cc(F)cc3F)cn2[C@@H]2CCO[C@@H]21.CCN1C(=O)c2c(O)c(=O)c(C(=O)NCc3c(F)cc(F)cc3F)cn2[C@H]2CCO[C@H]21. The summed E-state index contributed by atoms with van der Waals surface area (Å²) in [7, 11) is 0. The first kappa shape index (κ1) is 43.4. The highest BCUT2D eigenvalue weighted by molar-refractivity contribution is 6.00. The second kappa shape index (κ2) is 17.0. The third-order valence-corrected chi connectivity index (χ3v) is 11.0. The van der Waals surface area contributed by atoms with Crippen LogP contribution in [0, 0.1) is 34.9 Å². The Morgan fingerprint density at radius 2 is 0.968 bits per heavy atom. The molecule has 4 aliphatic heterocycles. The molecule has 8 rings (SSSR count). The first-order valence-corrected chi connectivity index (χ1v) is 19.1. The maximum absolute atomic E-state index is 13.8. The molecular weight excluding hydrogens is 838 g/mol. The highest BCUT2D eigenvalue weighted by atomic mass is 19.2. The van der Waals surface area contributed by atoms with E-state index < -0.39 is 141 Å². The number of nitrogens with zero attached hydrogens (tertiary/aromatic N) is 4. The van der Waals surface area contributed by atoms with E-state index in [1.165, 1.54) is 18.9 Å². The normalized spacial score (nSPS) is 19.9. The number of rotatable bonds is 8. The van der Waals surface area contributed by atoms with Gasteiger partial charge in [-0.1, -0.05) is 0 Å². The van der Waals surface area contributed by atoms with Crippen LogP contribution in [0.3, 0.4) is 0 Å². The zero-order chi connectivity index (χ0) is 44.9. The molecule has 0 aliphatic carbocycles. The monoisotopic (exact) mass is 874 g/mol. The number of hydrogen-bond donors (Lipinski definition) is 4. The van der Waals surface area contributed by atoms with Gasteiger partial charge in [-0.2, -0.15) is 0 Å². The van der Waals surface area contributed by atoms with Gasteiger partial charge in [0.25, 0.3) is 23.6 Å². The van der Waals surface area contributed by atoms with Crippen molar-refractivity contribution in [2.45, 2.75) is 64.3 Å². The summed E-state index contributed by atoms with van der Waals surface area (Å²) < 4.78 is 95.2. The molecule has 4 N–H and O–H groups in total. The van der Waals surface area contributed by atoms with Crippen molar-refractivity contribution in [3.05, 3.63) is 126 Å². The Hall–Kier alpha value is -6.68. The Morgan fingerprint density at radius 1 is 0.629 bits per heavy atom. The number of aromatic nitrogens is 2. The summed E-state index contributed by atoms with van der Waals surface area (Å²) in [5.41, 5.74) is -4.86. The van der Waals surface area contributed by atoms with Gasteiger partial charge in [0.15, 0.2) is 35.3 Å². The molecule has 4 aromatic rings. The molecular formula is C40H36F6N6O10. The van der Waals surface area contributed by atoms with Crippen LogP contribution in [-0.4, -0.2) is 91.5 Å². The zero-order valence-corrected chi connectivity index (χ0v) is 32.6. The van der Waals surface area contributed by atoms with Gasteiger partial charge in [-0.3, -0.25) is 28.8 Å². The lowest BCUT2D eigenvalue weighted by atomic mass is 10.1. The summed E-state index contributed by atoms with van der Waals surface area (Å²) in [5, 5.41) is 25.2. The first-order valence-electron chi connectivity index (χ1n) is 19.1. The summed E-state index contributed by atoms with van der Waals surface area (Å²) in [4.78, 5) is 78.6. The molecule has 22 heteroatoms. The minimum Gasteiger partial charge on any atom is -0.503 e. The van der Waals surface area contributed by atoms with Gasteiger partial charge < -0.3 is 49.3 Å². The predicted molar refractivity (Wildman–Crippen MR) is 200 cm³/mol. The largest absolute Gasteiger partial charge is 0.503 e. The number of aromatic hydroxyl groups is 2. The average Bonchev–Trinajstić information content (AvgIpc) is 3.91. The smallest absolute Gasteiger partial charge is 0.276 e. The molecule has 4 amide bonds. The van der Waals surface area contributed by atoms with Gasteiger partial charge in [-0.05, 0) is 26.7 Å². The van der Waals surface area contributed by atoms with Crippen molar-refractivity contribution in [3.63, 3.8) is 0 Å². The molecule has 2 aromatic heterocycles. The van der Waals surface area contributed by atoms with Crippen LogP contribution in [0.2, 0.25) is 0 Å². The Morgan fingerprint density at radius 3 is 1.29 bits per heavy atom. The van der Waals surface area contributed by atoms with Crippen LogP contribution in [0.1, 0.15) is 91.6 Å². The topological polar surface area (TPSA) is 202 Å². The van der Waals surface area contributed by atoms with Crippen molar-refractivity contribution in [2.24, 2.45) is 0 Å². The number of ether oxygens (including phenoxy) is 2. The molecule has 6 heterocycles. The second-order valence-electron chi connectivity index (χ2n) is 14.4. The van der Waals surface area contributed by atoms with Crippen molar-refractivity contribution in [1.29, 1.82) is 0 Å². The molecule has 62 heavy (non-hydrogen) atoms. The predicted octanol–water partition coefficient (Wildman–Crippen LogP) is 3.33. The van der Waals surface area contributed by atoms with Crippen molar-refractivity contribution >= 4 is 23.6 Å². The Kier molecular flexibility index (Phi) is 11.9. The first-order chi connectivity index (χ1) is 29.5. The van der Waals surface area contributed by atoms with Gasteiger partial charge >= 0.3 is 0 Å². The number of fused-ring (bicyclic) bond motifs is 6. The van der Waals surface area contributed by atoms with Crippen molar-refractivity contribution in [2.75, 3.05) is 26.3 Å². The van der Waals surface area contributed by atoms with Crippen LogP contribution >= 0.6 is 0 Å². The van der Waals surface area contributed by atoms with Gasteiger partial charge in [0.05, 0.1) is 25.3 Å². The lowest BCUT2D eigenvalue weighted by molar-refractivity contribution is -0.0333. The second-order valence-corrected chi connectivity index (χ2v) is 14.4. The average molecular weight is 875 g/mol. The fraction of sp³-hybridized carbons (Fsp3) is 0.350. The van der Waals surface area contributed by atoms with Crippen LogP contribution in [0.5, 0.6) is 11.5 Å². The molecule has 328 valence electrons. The van der Waals surface area contributed by atoms with Crippen LogP contribution < -0.4 is 21.5 Å². The number of hydrogen-bond acceptors (Lipinski definition) is 10. The summed E-state index contributed by atoms with van der Waals surface area (Å²) in [6.45, 7) is 3.43. The van der Waals surface area contributed by atoms with Crippen LogP contribution in [0.15, 0.2) is 46.2 Å². The molecule has 0 radical (unpaired) electrons. The Labute approximate surface area is 345 Å². The molecule has 16 nitrogen and oxygen atoms in total. The summed E-state index contributed by atoms with van der Waals surface area (Å²) in [6, 6.07) is 1.03. The fourth-order valence-electron chi connectivity index (χ4n) is 7.94. The third kappa shape index (κ3) is 7.52. The van der Waals surface area contributed by atoms with E-state index in [-0.39, 0.29) is 11.4 Å². The lowest BCUT2D eigenvalue weighted by Gasteiger charge is -2.38. The molecule has 2 aromatic carbocycles. The number of likely N-dealkylation sites (N-methyl/N-ethyl adjacent to an activating group) is 2. The van der Waals surface area contributed by atoms with Crippen molar-refractivity contribution in [1.82, 2.24) is 29.6 Å². The quantitative estimate of drug-likeness (QED) is 0.190. The zero-order valence-electron chi connectivity index (χ0n) is 32.6. The number of nitrogens with one attached hydrogen (secondary N) is 2. The summed E-state index contributed by atoms with van der Waals surface area (Å²) in [5.74, 6) is -12.0. The number of amides is 4. The minimum absolute atomic E-state index is 0.245. The molecule has 4 atom stereocenters. The van der Waals surface area contributed by atoms with Gasteiger partial charge in [0.1, 0.15) is 46.0 Å². The highest BCUT2D eigenvalue weighted by Gasteiger charge is 2.46. The standard InChI is InChI=1S/2C20H18F3N3O5/c2*1-2-25-19(30)15-17(28)16(27)11(8-26(15)14-3-4-31-20(14)25)18(29)24-7-10-12(22)5-9(21)6-13(10)23/h2*5-6,8,14,20,28H,2-4,7H2,1H3,(H,24,29)/t2*14-,20+/m10/s1. The van der Waals surface area contributed by atoms with Crippen molar-refractivity contribution in [3.8, 4) is 11.5 Å². The maximum atomic E-state index is 13.8. The molecule has 0 spiro atoms. The summed E-state index contributed by atoms with van der Waals surface area (Å²) in [6.07, 6.45) is 2.03. The molecule has 4 aliphatic rings. The van der Waals surface area contributed by atoms with E-state index in [0.29, 0.717) is 63.4 Å². The number of benzene rings is 2. The van der Waals surface area contributed by atoms with Gasteiger partial charge in [-0.25, -0.2) is 26.3 Å². The number of carbonyl (C=O) groups is 4. The van der Waals surface area contributed by atoms with Crippen LogP contribution in [0.25, 0.3) is 0 Å². The van der Waals surface area contributed by atoms with E-state index >= 15 is 0 Å². The third-order valence-electron chi connectivity index (χ3n) is 11.0. The number of pyridine rings is 2. The molecule has 2 fully saturated rings. The van der Waals surface area contributed by atoms with Gasteiger partial charge in [0, 0.05) is 74.0 Å². The van der Waals surface area contributed by atoms with Crippen LogP contribution in [0.4, 0.5) is 26.3 Å². The van der Waals surface area contributed by atoms with Gasteiger partial charge in [-0.15, -0.1) is 0 Å². The Bertz CT molecular complexity index is 2430. The van der Waals surface area contributed by atoms with E-state index in [1.807, 2.05) is 0 Å². The number of carbonyl (C=O) groups excluding carboxylic acids is 4. The summed E-state index contributed by atoms with van der Waals surface area (Å²) >= 11 is 0. The molecule has 0 bridgehead atoms. The van der Waals surface area contributed by atoms with E-state index in [2.05, 4.69) is 10.6 Å². The van der Waals surface area contributed by atoms with E-state index in [9.17, 15) is 65.3 Å². The Balaban J connectivity index is 0.000000186. The van der Waals surface area contributed by atoms with Crippen molar-refractivity contribution < 1.29 is 65.2 Å². The maximum Gasteiger partial charge on any atom is 0.276 e. The molecule has 0 saturated carbocycles. The fourth-order valence-corrected chi connectivity index (χ4v) is 7.94. The van der Waals surface area contributed by atoms with E-state index in [1.54, 1.807) is 13.8 Å². The molecule has 2 saturated heterocycles. The molecule has 0 unspecified atom stereocenters. The van der Waals surface area contributed by atoms with E-state index in [0.717, 1.165) is 12.4 Å². The van der Waals surface area contributed by atoms with Crippen LogP contribution in [-0.2, 0) is 22.6 Å². The highest BCUT2D eigenvalue weighted by Crippen LogP contribution is 2.38. The van der Waals surface area contributed by atoms with Gasteiger partial charge in [0.2, 0.25) is 10.9 Å².